The first kappa shape index (κ1) is 17.7. The molecule has 3 heterocycles. The summed E-state index contributed by atoms with van der Waals surface area (Å²) in [4.78, 5) is 12.7. The number of ether oxygens (including phenoxy) is 2. The van der Waals surface area contributed by atoms with Crippen LogP contribution in [0.2, 0.25) is 0 Å². The zero-order valence-electron chi connectivity index (χ0n) is 15.7. The molecule has 29 heavy (non-hydrogen) atoms. The van der Waals surface area contributed by atoms with Crippen molar-refractivity contribution in [3.05, 3.63) is 77.2 Å². The van der Waals surface area contributed by atoms with E-state index < -0.39 is 0 Å². The summed E-state index contributed by atoms with van der Waals surface area (Å²) in [5, 5.41) is 7.31. The minimum Gasteiger partial charge on any atom is -0.491 e. The molecule has 5 rings (SSSR count). The molecule has 0 saturated heterocycles. The van der Waals surface area contributed by atoms with Gasteiger partial charge in [-0.2, -0.15) is 5.10 Å². The van der Waals surface area contributed by atoms with Crippen LogP contribution in [0.25, 0.3) is 0 Å². The standard InChI is InChI=1S/C22H20FN3O3/c23-16-6-7-19-15(10-16)11-17(13-28-19)24-22(27)18-12-21-26(25-18)9-8-20(29-21)14-4-2-1-3-5-14/h1-7,10,12,17,20H,8-9,11,13H2,(H,24,27). The third kappa shape index (κ3) is 3.55. The molecule has 0 bridgehead atoms. The van der Waals surface area contributed by atoms with Gasteiger partial charge in [0.25, 0.3) is 5.91 Å². The minimum absolute atomic E-state index is 0.0468. The molecule has 0 spiro atoms. The topological polar surface area (TPSA) is 65.4 Å². The van der Waals surface area contributed by atoms with Crippen molar-refractivity contribution in [1.82, 2.24) is 15.1 Å². The Morgan fingerprint density at radius 3 is 2.90 bits per heavy atom. The Hall–Kier alpha value is -3.35. The molecule has 1 N–H and O–H groups in total. The van der Waals surface area contributed by atoms with E-state index in [1.165, 1.54) is 12.1 Å². The fourth-order valence-electron chi connectivity index (χ4n) is 3.83. The smallest absolute Gasteiger partial charge is 0.272 e. The molecule has 2 atom stereocenters. The summed E-state index contributed by atoms with van der Waals surface area (Å²) in [6.07, 6.45) is 1.26. The maximum atomic E-state index is 13.5. The lowest BCUT2D eigenvalue weighted by molar-refractivity contribution is 0.0909. The lowest BCUT2D eigenvalue weighted by atomic mass is 10.0. The second-order valence-corrected chi connectivity index (χ2v) is 7.33. The Labute approximate surface area is 167 Å². The lowest BCUT2D eigenvalue weighted by Crippen LogP contribution is -2.42. The van der Waals surface area contributed by atoms with Crippen LogP contribution >= 0.6 is 0 Å². The molecule has 0 fully saturated rings. The summed E-state index contributed by atoms with van der Waals surface area (Å²) >= 11 is 0. The largest absolute Gasteiger partial charge is 0.491 e. The van der Waals surface area contributed by atoms with Gasteiger partial charge in [0.1, 0.15) is 24.3 Å². The van der Waals surface area contributed by atoms with Crippen molar-refractivity contribution in [3.63, 3.8) is 0 Å². The van der Waals surface area contributed by atoms with Crippen molar-refractivity contribution < 1.29 is 18.7 Å². The number of hydrogen-bond donors (Lipinski definition) is 1. The van der Waals surface area contributed by atoms with Crippen molar-refractivity contribution in [2.24, 2.45) is 0 Å². The molecule has 0 saturated carbocycles. The maximum Gasteiger partial charge on any atom is 0.272 e. The molecule has 0 aliphatic carbocycles. The summed E-state index contributed by atoms with van der Waals surface area (Å²) in [6.45, 7) is 1.02. The average Bonchev–Trinajstić information content (AvgIpc) is 3.18. The van der Waals surface area contributed by atoms with Crippen LogP contribution in [0.3, 0.4) is 0 Å². The summed E-state index contributed by atoms with van der Waals surface area (Å²) in [6, 6.07) is 15.9. The predicted molar refractivity (Wildman–Crippen MR) is 104 cm³/mol. The molecule has 1 amide bonds. The number of nitrogens with one attached hydrogen (secondary N) is 1. The molecule has 2 unspecified atom stereocenters. The van der Waals surface area contributed by atoms with Crippen molar-refractivity contribution in [2.75, 3.05) is 6.61 Å². The van der Waals surface area contributed by atoms with Crippen LogP contribution in [0.1, 0.15) is 34.1 Å². The zero-order valence-corrected chi connectivity index (χ0v) is 15.7. The number of nitrogens with zero attached hydrogens (tertiary/aromatic N) is 2. The van der Waals surface area contributed by atoms with Gasteiger partial charge < -0.3 is 14.8 Å². The van der Waals surface area contributed by atoms with Crippen molar-refractivity contribution >= 4 is 5.91 Å². The highest BCUT2D eigenvalue weighted by Gasteiger charge is 2.27. The molecular formula is C22H20FN3O3. The Morgan fingerprint density at radius 1 is 1.17 bits per heavy atom. The van der Waals surface area contributed by atoms with Gasteiger partial charge in [-0.05, 0) is 35.7 Å². The third-order valence-corrected chi connectivity index (χ3v) is 5.28. The molecule has 2 aliphatic rings. The number of rotatable bonds is 3. The molecule has 148 valence electrons. The van der Waals surface area contributed by atoms with Gasteiger partial charge in [-0.3, -0.25) is 4.79 Å². The van der Waals surface area contributed by atoms with E-state index in [0.717, 1.165) is 17.5 Å². The molecule has 0 radical (unpaired) electrons. The lowest BCUT2D eigenvalue weighted by Gasteiger charge is -2.25. The van der Waals surface area contributed by atoms with Gasteiger partial charge in [-0.15, -0.1) is 0 Å². The maximum absolute atomic E-state index is 13.5. The van der Waals surface area contributed by atoms with E-state index in [9.17, 15) is 9.18 Å². The normalized spacial score (nSPS) is 20.0. The molecule has 6 nitrogen and oxygen atoms in total. The number of fused-ring (bicyclic) bond motifs is 2. The first-order valence-corrected chi connectivity index (χ1v) is 9.67. The number of aryl methyl sites for hydroxylation is 1. The number of amides is 1. The Balaban J connectivity index is 1.27. The monoisotopic (exact) mass is 393 g/mol. The van der Waals surface area contributed by atoms with Gasteiger partial charge in [0, 0.05) is 19.0 Å². The fraction of sp³-hybridized carbons (Fsp3) is 0.273. The van der Waals surface area contributed by atoms with E-state index in [2.05, 4.69) is 10.4 Å². The van der Waals surface area contributed by atoms with Gasteiger partial charge in [0.2, 0.25) is 5.88 Å². The van der Waals surface area contributed by atoms with Gasteiger partial charge in [-0.25, -0.2) is 9.07 Å². The third-order valence-electron chi connectivity index (χ3n) is 5.28. The van der Waals surface area contributed by atoms with Crippen LogP contribution < -0.4 is 14.8 Å². The summed E-state index contributed by atoms with van der Waals surface area (Å²) in [5.41, 5.74) is 2.16. The van der Waals surface area contributed by atoms with Crippen molar-refractivity contribution in [2.45, 2.75) is 31.5 Å². The number of carbonyl (C=O) groups excluding carboxylic acids is 1. The second-order valence-electron chi connectivity index (χ2n) is 7.33. The van der Waals surface area contributed by atoms with E-state index in [4.69, 9.17) is 9.47 Å². The SMILES string of the molecule is O=C(NC1COc2ccc(F)cc2C1)c1cc2n(n1)CCC(c1ccccc1)O2. The molecule has 2 aliphatic heterocycles. The first-order chi connectivity index (χ1) is 14.2. The highest BCUT2D eigenvalue weighted by atomic mass is 19.1. The van der Waals surface area contributed by atoms with Crippen LogP contribution in [-0.4, -0.2) is 28.3 Å². The zero-order chi connectivity index (χ0) is 19.8. The highest BCUT2D eigenvalue weighted by Crippen LogP contribution is 2.31. The summed E-state index contributed by atoms with van der Waals surface area (Å²) in [5.74, 6) is 0.642. The molecule has 7 heteroatoms. The number of hydrogen-bond acceptors (Lipinski definition) is 4. The highest BCUT2D eigenvalue weighted by molar-refractivity contribution is 5.92. The van der Waals surface area contributed by atoms with Gasteiger partial charge in [0.15, 0.2) is 5.69 Å². The van der Waals surface area contributed by atoms with Gasteiger partial charge in [-0.1, -0.05) is 30.3 Å². The van der Waals surface area contributed by atoms with Crippen LogP contribution in [0.5, 0.6) is 11.6 Å². The van der Waals surface area contributed by atoms with E-state index in [0.29, 0.717) is 36.9 Å². The number of halogens is 1. The van der Waals surface area contributed by atoms with Crippen molar-refractivity contribution in [3.8, 4) is 11.6 Å². The number of aromatic nitrogens is 2. The molecule has 1 aromatic heterocycles. The number of carbonyl (C=O) groups is 1. The van der Waals surface area contributed by atoms with Crippen LogP contribution in [0.15, 0.2) is 54.6 Å². The van der Waals surface area contributed by atoms with Gasteiger partial charge >= 0.3 is 0 Å². The first-order valence-electron chi connectivity index (χ1n) is 9.67. The Morgan fingerprint density at radius 2 is 2.03 bits per heavy atom. The van der Waals surface area contributed by atoms with E-state index in [-0.39, 0.29) is 23.9 Å². The predicted octanol–water partition coefficient (Wildman–Crippen LogP) is 3.28. The Bertz CT molecular complexity index is 1050. The second kappa shape index (κ2) is 7.24. The van der Waals surface area contributed by atoms with E-state index in [1.807, 2.05) is 30.3 Å². The quantitative estimate of drug-likeness (QED) is 0.742. The number of benzene rings is 2. The van der Waals surface area contributed by atoms with Crippen LogP contribution in [0.4, 0.5) is 4.39 Å². The fourth-order valence-corrected chi connectivity index (χ4v) is 3.83. The average molecular weight is 393 g/mol. The summed E-state index contributed by atoms with van der Waals surface area (Å²) < 4.78 is 26.9. The Kier molecular flexibility index (Phi) is 4.42. The molecule has 2 aromatic carbocycles. The molecule has 3 aromatic rings. The van der Waals surface area contributed by atoms with Crippen LogP contribution in [-0.2, 0) is 13.0 Å². The van der Waals surface area contributed by atoms with Gasteiger partial charge in [0.05, 0.1) is 6.04 Å². The minimum atomic E-state index is -0.314. The van der Waals surface area contributed by atoms with E-state index >= 15 is 0 Å². The molecular weight excluding hydrogens is 373 g/mol. The summed E-state index contributed by atoms with van der Waals surface area (Å²) in [7, 11) is 0. The van der Waals surface area contributed by atoms with Crippen LogP contribution in [0, 0.1) is 5.82 Å². The van der Waals surface area contributed by atoms with Crippen molar-refractivity contribution in [1.29, 1.82) is 0 Å². The van der Waals surface area contributed by atoms with E-state index in [1.54, 1.807) is 16.8 Å².